The summed E-state index contributed by atoms with van der Waals surface area (Å²) in [5.41, 5.74) is 1.10. The fourth-order valence-electron chi connectivity index (χ4n) is 1.67. The number of aromatic nitrogens is 1. The number of anilines is 1. The van der Waals surface area contributed by atoms with E-state index in [2.05, 4.69) is 10.3 Å². The van der Waals surface area contributed by atoms with Crippen LogP contribution < -0.4 is 5.32 Å². The number of hydrogen-bond acceptors (Lipinski definition) is 3. The van der Waals surface area contributed by atoms with E-state index in [1.807, 2.05) is 0 Å². The van der Waals surface area contributed by atoms with Crippen LogP contribution in [0.15, 0.2) is 36.7 Å². The molecule has 0 spiro atoms. The van der Waals surface area contributed by atoms with Crippen molar-refractivity contribution in [2.45, 2.75) is 13.0 Å². The number of phenols is 1. The van der Waals surface area contributed by atoms with Gasteiger partial charge in [-0.1, -0.05) is 11.6 Å². The number of benzene rings is 1. The first-order valence-electron chi connectivity index (χ1n) is 5.42. The fraction of sp³-hybridized carbons (Fsp3) is 0.154. The minimum atomic E-state index is -0.395. The molecule has 1 atom stereocenters. The van der Waals surface area contributed by atoms with Crippen LogP contribution in [0.4, 0.5) is 10.1 Å². The zero-order valence-electron chi connectivity index (χ0n) is 9.69. The van der Waals surface area contributed by atoms with Gasteiger partial charge in [0.1, 0.15) is 11.6 Å². The Balaban J connectivity index is 2.25. The Hall–Kier alpha value is -1.81. The van der Waals surface area contributed by atoms with Crippen LogP contribution >= 0.6 is 11.6 Å². The molecule has 2 rings (SSSR count). The molecule has 94 valence electrons. The van der Waals surface area contributed by atoms with E-state index < -0.39 is 5.82 Å². The van der Waals surface area contributed by atoms with Crippen LogP contribution in [0.3, 0.4) is 0 Å². The van der Waals surface area contributed by atoms with Gasteiger partial charge in [0, 0.05) is 11.8 Å². The van der Waals surface area contributed by atoms with Crippen LogP contribution in [-0.4, -0.2) is 10.1 Å². The molecular formula is C13H12ClFN2O. The Morgan fingerprint density at radius 2 is 2.17 bits per heavy atom. The second-order valence-corrected chi connectivity index (χ2v) is 4.33. The second kappa shape index (κ2) is 5.23. The molecule has 2 aromatic rings. The van der Waals surface area contributed by atoms with Crippen LogP contribution in [0.25, 0.3) is 0 Å². The lowest BCUT2D eigenvalue weighted by atomic mass is 10.1. The van der Waals surface area contributed by atoms with Gasteiger partial charge in [-0.15, -0.1) is 0 Å². The van der Waals surface area contributed by atoms with Gasteiger partial charge >= 0.3 is 0 Å². The molecule has 5 heteroatoms. The lowest BCUT2D eigenvalue weighted by Gasteiger charge is -2.17. The summed E-state index contributed by atoms with van der Waals surface area (Å²) in [6.07, 6.45) is 3.16. The molecule has 2 N–H and O–H groups in total. The molecule has 0 aliphatic carbocycles. The Morgan fingerprint density at radius 3 is 2.89 bits per heavy atom. The van der Waals surface area contributed by atoms with Crippen molar-refractivity contribution < 1.29 is 9.50 Å². The quantitative estimate of drug-likeness (QED) is 0.889. The highest BCUT2D eigenvalue weighted by Crippen LogP contribution is 2.29. The average molecular weight is 267 g/mol. The molecule has 0 aliphatic rings. The number of nitrogens with zero attached hydrogens (tertiary/aromatic N) is 1. The van der Waals surface area contributed by atoms with Crippen LogP contribution in [0.2, 0.25) is 5.02 Å². The van der Waals surface area contributed by atoms with Crippen molar-refractivity contribution in [1.82, 2.24) is 4.98 Å². The van der Waals surface area contributed by atoms with Crippen molar-refractivity contribution in [2.75, 3.05) is 5.32 Å². The SMILES string of the molecule is CC(Nc1cnccc1Cl)c1cc(F)ccc1O. The van der Waals surface area contributed by atoms with Crippen LogP contribution in [-0.2, 0) is 0 Å². The van der Waals surface area contributed by atoms with Gasteiger partial charge in [0.15, 0.2) is 0 Å². The number of halogens is 2. The molecule has 18 heavy (non-hydrogen) atoms. The zero-order valence-corrected chi connectivity index (χ0v) is 10.4. The fourth-order valence-corrected chi connectivity index (χ4v) is 1.83. The van der Waals surface area contributed by atoms with E-state index in [-0.39, 0.29) is 11.8 Å². The largest absolute Gasteiger partial charge is 0.508 e. The van der Waals surface area contributed by atoms with Gasteiger partial charge in [-0.2, -0.15) is 0 Å². The first-order valence-corrected chi connectivity index (χ1v) is 5.80. The van der Waals surface area contributed by atoms with Crippen molar-refractivity contribution in [3.05, 3.63) is 53.1 Å². The Bertz CT molecular complexity index is 562. The molecule has 0 amide bonds. The highest BCUT2D eigenvalue weighted by Gasteiger charge is 2.12. The lowest BCUT2D eigenvalue weighted by Crippen LogP contribution is -2.07. The van der Waals surface area contributed by atoms with Crippen molar-refractivity contribution in [2.24, 2.45) is 0 Å². The molecule has 0 radical (unpaired) electrons. The molecule has 3 nitrogen and oxygen atoms in total. The van der Waals surface area contributed by atoms with Crippen LogP contribution in [0.5, 0.6) is 5.75 Å². The maximum Gasteiger partial charge on any atom is 0.123 e. The van der Waals surface area contributed by atoms with Crippen molar-refractivity contribution in [1.29, 1.82) is 0 Å². The monoisotopic (exact) mass is 266 g/mol. The summed E-state index contributed by atoms with van der Waals surface area (Å²) in [6, 6.07) is 5.19. The Morgan fingerprint density at radius 1 is 1.39 bits per heavy atom. The van der Waals surface area contributed by atoms with E-state index in [9.17, 15) is 9.50 Å². The third-order valence-electron chi connectivity index (χ3n) is 2.60. The number of pyridine rings is 1. The van der Waals surface area contributed by atoms with Gasteiger partial charge < -0.3 is 10.4 Å². The maximum atomic E-state index is 13.1. The summed E-state index contributed by atoms with van der Waals surface area (Å²) in [6.45, 7) is 1.80. The molecule has 1 heterocycles. The Labute approximate surface area is 109 Å². The topological polar surface area (TPSA) is 45.2 Å². The smallest absolute Gasteiger partial charge is 0.123 e. The van der Waals surface area contributed by atoms with Gasteiger partial charge in [-0.25, -0.2) is 4.39 Å². The molecule has 0 fully saturated rings. The number of phenolic OH excluding ortho intramolecular Hbond substituents is 1. The predicted octanol–water partition coefficient (Wildman–Crippen LogP) is 3.75. The minimum Gasteiger partial charge on any atom is -0.508 e. The number of aromatic hydroxyl groups is 1. The zero-order chi connectivity index (χ0) is 13.1. The second-order valence-electron chi connectivity index (χ2n) is 3.92. The van der Waals surface area contributed by atoms with E-state index in [0.29, 0.717) is 16.3 Å². The molecule has 1 aromatic heterocycles. The predicted molar refractivity (Wildman–Crippen MR) is 69.3 cm³/mol. The number of rotatable bonds is 3. The standard InChI is InChI=1S/C13H12ClFN2O/c1-8(10-6-9(15)2-3-13(10)18)17-12-7-16-5-4-11(12)14/h2-8,17-18H,1H3. The minimum absolute atomic E-state index is 0.0383. The van der Waals surface area contributed by atoms with Gasteiger partial charge in [0.25, 0.3) is 0 Å². The highest BCUT2D eigenvalue weighted by molar-refractivity contribution is 6.33. The normalized spacial score (nSPS) is 12.2. The first-order chi connectivity index (χ1) is 8.58. The lowest BCUT2D eigenvalue weighted by molar-refractivity contribution is 0.462. The van der Waals surface area contributed by atoms with Crippen molar-refractivity contribution >= 4 is 17.3 Å². The average Bonchev–Trinajstić information content (AvgIpc) is 2.35. The summed E-state index contributed by atoms with van der Waals surface area (Å²) in [5, 5.41) is 13.3. The third kappa shape index (κ3) is 2.71. The van der Waals surface area contributed by atoms with Gasteiger partial charge in [0.05, 0.1) is 22.9 Å². The van der Waals surface area contributed by atoms with Crippen molar-refractivity contribution in [3.8, 4) is 5.75 Å². The van der Waals surface area contributed by atoms with E-state index in [4.69, 9.17) is 11.6 Å². The Kier molecular flexibility index (Phi) is 3.67. The first kappa shape index (κ1) is 12.6. The van der Waals surface area contributed by atoms with Gasteiger partial charge in [0.2, 0.25) is 0 Å². The third-order valence-corrected chi connectivity index (χ3v) is 2.93. The van der Waals surface area contributed by atoms with Crippen molar-refractivity contribution in [3.63, 3.8) is 0 Å². The molecule has 0 aliphatic heterocycles. The molecule has 0 saturated carbocycles. The number of hydrogen-bond donors (Lipinski definition) is 2. The molecule has 0 bridgehead atoms. The summed E-state index contributed by atoms with van der Waals surface area (Å²) < 4.78 is 13.1. The molecule has 1 aromatic carbocycles. The van der Waals surface area contributed by atoms with Crippen LogP contribution in [0.1, 0.15) is 18.5 Å². The molecular weight excluding hydrogens is 255 g/mol. The van der Waals surface area contributed by atoms with E-state index in [0.717, 1.165) is 0 Å². The van der Waals surface area contributed by atoms with E-state index in [1.165, 1.54) is 18.2 Å². The van der Waals surface area contributed by atoms with Crippen LogP contribution in [0, 0.1) is 5.82 Å². The van der Waals surface area contributed by atoms with E-state index >= 15 is 0 Å². The maximum absolute atomic E-state index is 13.1. The van der Waals surface area contributed by atoms with E-state index in [1.54, 1.807) is 25.4 Å². The number of nitrogens with one attached hydrogen (secondary N) is 1. The summed E-state index contributed by atoms with van der Waals surface area (Å²) in [4.78, 5) is 3.95. The van der Waals surface area contributed by atoms with Gasteiger partial charge in [-0.05, 0) is 31.2 Å². The summed E-state index contributed by atoms with van der Waals surface area (Å²) >= 11 is 5.99. The molecule has 1 unspecified atom stereocenters. The molecule has 0 saturated heterocycles. The summed E-state index contributed by atoms with van der Waals surface area (Å²) in [5.74, 6) is -0.356. The van der Waals surface area contributed by atoms with Gasteiger partial charge in [-0.3, -0.25) is 4.98 Å². The highest BCUT2D eigenvalue weighted by atomic mass is 35.5. The summed E-state index contributed by atoms with van der Waals surface area (Å²) in [7, 11) is 0.